The molecule has 0 unspecified atom stereocenters. The number of nitrogens with one attached hydrogen (secondary N) is 1. The van der Waals surface area contributed by atoms with Gasteiger partial charge in [0.15, 0.2) is 0 Å². The molecule has 0 atom stereocenters. The molecule has 0 saturated heterocycles. The Morgan fingerprint density at radius 3 is 2.50 bits per heavy atom. The molecule has 2 nitrogen and oxygen atoms in total. The first kappa shape index (κ1) is 11.1. The fourth-order valence-electron chi connectivity index (χ4n) is 1.47. The van der Waals surface area contributed by atoms with Crippen molar-refractivity contribution in [2.24, 2.45) is 0 Å². The Morgan fingerprint density at radius 2 is 1.81 bits per heavy atom. The van der Waals surface area contributed by atoms with Gasteiger partial charge in [-0.1, -0.05) is 0 Å². The molecule has 0 aliphatic heterocycles. The number of hydrogen-bond donors (Lipinski definition) is 2. The van der Waals surface area contributed by atoms with Gasteiger partial charge in [-0.25, -0.2) is 0 Å². The normalized spacial score (nSPS) is 10.1. The Bertz CT molecular complexity index is 466. The quantitative estimate of drug-likeness (QED) is 0.659. The molecule has 3 heteroatoms. The van der Waals surface area contributed by atoms with Crippen LogP contribution >= 0.6 is 0 Å². The molecule has 0 aliphatic rings. The van der Waals surface area contributed by atoms with Gasteiger partial charge >= 0.3 is 104 Å². The number of hydrogen-bond acceptors (Lipinski definition) is 2. The minimum atomic E-state index is 0.784. The number of anilines is 2. The summed E-state index contributed by atoms with van der Waals surface area (Å²) in [5.41, 5.74) is 8.80. The van der Waals surface area contributed by atoms with Gasteiger partial charge in [0.25, 0.3) is 0 Å². The van der Waals surface area contributed by atoms with Crippen molar-refractivity contribution >= 4 is 32.6 Å². The SMILES string of the molecule is Nc1cccc(NCc2ccc([As])cc2)c1. The van der Waals surface area contributed by atoms with Crippen molar-refractivity contribution in [2.75, 3.05) is 11.1 Å². The van der Waals surface area contributed by atoms with Crippen LogP contribution in [0, 0.1) is 0 Å². The molecule has 0 aromatic heterocycles. The van der Waals surface area contributed by atoms with Crippen molar-refractivity contribution in [1.29, 1.82) is 0 Å². The van der Waals surface area contributed by atoms with E-state index < -0.39 is 0 Å². The van der Waals surface area contributed by atoms with Gasteiger partial charge in [0.05, 0.1) is 0 Å². The monoisotopic (exact) mass is 272 g/mol. The van der Waals surface area contributed by atoms with E-state index in [1.165, 1.54) is 9.91 Å². The van der Waals surface area contributed by atoms with Crippen LogP contribution in [0.4, 0.5) is 11.4 Å². The molecular formula is C13H13AsN2. The van der Waals surface area contributed by atoms with Crippen LogP contribution < -0.4 is 15.4 Å². The molecule has 3 N–H and O–H groups in total. The molecular weight excluding hydrogens is 259 g/mol. The van der Waals surface area contributed by atoms with Crippen LogP contribution in [0.15, 0.2) is 48.5 Å². The molecule has 0 amide bonds. The molecule has 2 rings (SSSR count). The number of nitrogen functional groups attached to an aromatic ring is 1. The van der Waals surface area contributed by atoms with E-state index in [1.54, 1.807) is 0 Å². The van der Waals surface area contributed by atoms with Crippen molar-refractivity contribution < 1.29 is 0 Å². The first-order valence-corrected chi connectivity index (χ1v) is 6.05. The molecule has 2 aromatic carbocycles. The van der Waals surface area contributed by atoms with E-state index in [0.717, 1.165) is 17.9 Å². The van der Waals surface area contributed by atoms with Gasteiger partial charge in [-0.05, 0) is 0 Å². The van der Waals surface area contributed by atoms with Crippen LogP contribution in [0.25, 0.3) is 0 Å². The van der Waals surface area contributed by atoms with E-state index in [2.05, 4.69) is 46.4 Å². The number of rotatable bonds is 3. The van der Waals surface area contributed by atoms with Crippen molar-refractivity contribution in [1.82, 2.24) is 0 Å². The average molecular weight is 272 g/mol. The van der Waals surface area contributed by atoms with Crippen molar-refractivity contribution in [3.63, 3.8) is 0 Å². The third-order valence-electron chi connectivity index (χ3n) is 2.32. The maximum atomic E-state index is 5.71. The zero-order valence-electron chi connectivity index (χ0n) is 8.85. The van der Waals surface area contributed by atoms with Crippen molar-refractivity contribution in [3.05, 3.63) is 54.1 Å². The van der Waals surface area contributed by atoms with Crippen LogP contribution in [-0.4, -0.2) is 16.9 Å². The summed E-state index contributed by atoms with van der Waals surface area (Å²) in [6.45, 7) is 0.816. The fourth-order valence-corrected chi connectivity index (χ4v) is 1.78. The van der Waals surface area contributed by atoms with E-state index in [0.29, 0.717) is 0 Å². The van der Waals surface area contributed by atoms with E-state index >= 15 is 0 Å². The minimum absolute atomic E-state index is 0.784. The summed E-state index contributed by atoms with van der Waals surface area (Å²) >= 11 is 2.53. The summed E-state index contributed by atoms with van der Waals surface area (Å²) in [6.07, 6.45) is 0. The second kappa shape index (κ2) is 5.09. The topological polar surface area (TPSA) is 38.0 Å². The average Bonchev–Trinajstić information content (AvgIpc) is 2.28. The molecule has 0 heterocycles. The third kappa shape index (κ3) is 3.04. The molecule has 0 spiro atoms. The van der Waals surface area contributed by atoms with E-state index in [4.69, 9.17) is 5.73 Å². The second-order valence-electron chi connectivity index (χ2n) is 3.65. The predicted octanol–water partition coefficient (Wildman–Crippen LogP) is 1.67. The van der Waals surface area contributed by atoms with Crippen molar-refractivity contribution in [2.45, 2.75) is 6.54 Å². The van der Waals surface area contributed by atoms with Crippen molar-refractivity contribution in [3.8, 4) is 0 Å². The van der Waals surface area contributed by atoms with Gasteiger partial charge in [-0.3, -0.25) is 0 Å². The van der Waals surface area contributed by atoms with Gasteiger partial charge in [0.2, 0.25) is 0 Å². The fraction of sp³-hybridized carbons (Fsp3) is 0.0769. The predicted molar refractivity (Wildman–Crippen MR) is 70.0 cm³/mol. The summed E-state index contributed by atoms with van der Waals surface area (Å²) in [4.78, 5) is 0. The first-order chi connectivity index (χ1) is 7.74. The van der Waals surface area contributed by atoms with Crippen LogP contribution in [-0.2, 0) is 6.54 Å². The first-order valence-electron chi connectivity index (χ1n) is 5.11. The molecule has 0 fully saturated rings. The summed E-state index contributed by atoms with van der Waals surface area (Å²) in [5.74, 6) is 0. The zero-order chi connectivity index (χ0) is 11.4. The summed E-state index contributed by atoms with van der Waals surface area (Å²) in [5, 5.41) is 3.34. The van der Waals surface area contributed by atoms with Gasteiger partial charge in [-0.2, -0.15) is 0 Å². The Kier molecular flexibility index (Phi) is 3.53. The van der Waals surface area contributed by atoms with E-state index in [9.17, 15) is 0 Å². The molecule has 2 radical (unpaired) electrons. The Hall–Kier alpha value is -1.40. The Labute approximate surface area is 104 Å². The number of benzene rings is 2. The standard InChI is InChI=1S/C13H13AsN2/c14-11-6-4-10(5-7-11)9-16-13-3-1-2-12(15)8-13/h1-8,16H,9,15H2. The summed E-state index contributed by atoms with van der Waals surface area (Å²) < 4.78 is 1.22. The van der Waals surface area contributed by atoms with Gasteiger partial charge < -0.3 is 0 Å². The Morgan fingerprint density at radius 1 is 1.06 bits per heavy atom. The van der Waals surface area contributed by atoms with E-state index in [1.807, 2.05) is 24.3 Å². The molecule has 80 valence electrons. The van der Waals surface area contributed by atoms with Crippen LogP contribution in [0.3, 0.4) is 0 Å². The number of nitrogens with two attached hydrogens (primary N) is 1. The Balaban J connectivity index is 1.99. The third-order valence-corrected chi connectivity index (χ3v) is 2.95. The molecule has 0 saturated carbocycles. The molecule has 2 aromatic rings. The second-order valence-corrected chi connectivity index (χ2v) is 4.73. The van der Waals surface area contributed by atoms with Crippen LogP contribution in [0.5, 0.6) is 0 Å². The van der Waals surface area contributed by atoms with Crippen LogP contribution in [0.1, 0.15) is 5.56 Å². The maximum absolute atomic E-state index is 5.71. The zero-order valence-corrected chi connectivity index (χ0v) is 10.7. The molecule has 16 heavy (non-hydrogen) atoms. The van der Waals surface area contributed by atoms with Gasteiger partial charge in [-0.15, -0.1) is 0 Å². The van der Waals surface area contributed by atoms with E-state index in [-0.39, 0.29) is 0 Å². The van der Waals surface area contributed by atoms with Crippen LogP contribution in [0.2, 0.25) is 0 Å². The summed E-state index contributed by atoms with van der Waals surface area (Å²) in [6, 6.07) is 16.2. The van der Waals surface area contributed by atoms with Gasteiger partial charge in [0.1, 0.15) is 0 Å². The molecule has 0 bridgehead atoms. The summed E-state index contributed by atoms with van der Waals surface area (Å²) in [7, 11) is 0. The van der Waals surface area contributed by atoms with Gasteiger partial charge in [0, 0.05) is 0 Å². The molecule has 0 aliphatic carbocycles.